The summed E-state index contributed by atoms with van der Waals surface area (Å²) < 4.78 is 0. The van der Waals surface area contributed by atoms with Crippen LogP contribution in [0.4, 0.5) is 0 Å². The molecule has 0 aromatic carbocycles. The zero-order chi connectivity index (χ0) is 15.0. The number of carbonyl (C=O) groups excluding carboxylic acids is 2. The molecule has 1 saturated heterocycles. The highest BCUT2D eigenvalue weighted by atomic mass is 35.5. The van der Waals surface area contributed by atoms with E-state index >= 15 is 0 Å². The van der Waals surface area contributed by atoms with E-state index < -0.39 is 0 Å². The van der Waals surface area contributed by atoms with Gasteiger partial charge in [-0.2, -0.15) is 0 Å². The molecule has 2 amide bonds. The van der Waals surface area contributed by atoms with Crippen LogP contribution in [0.1, 0.15) is 41.7 Å². The number of rotatable bonds is 3. The zero-order valence-electron chi connectivity index (χ0n) is 11.9. The first-order valence-corrected chi connectivity index (χ1v) is 7.68. The molecule has 6 heteroatoms. The van der Waals surface area contributed by atoms with Crippen LogP contribution >= 0.6 is 11.6 Å². The van der Waals surface area contributed by atoms with E-state index in [1.54, 1.807) is 24.0 Å². The molecule has 1 aromatic heterocycles. The number of amides is 2. The summed E-state index contributed by atoms with van der Waals surface area (Å²) in [5.41, 5.74) is 1.20. The third kappa shape index (κ3) is 3.18. The number of carbonyl (C=O) groups is 2. The number of nitrogens with zero attached hydrogens (tertiary/aromatic N) is 2. The second-order valence-corrected chi connectivity index (χ2v) is 6.15. The molecule has 0 spiro atoms. The van der Waals surface area contributed by atoms with Gasteiger partial charge in [0.1, 0.15) is 11.2 Å². The van der Waals surface area contributed by atoms with Gasteiger partial charge in [0.2, 0.25) is 5.91 Å². The molecule has 21 heavy (non-hydrogen) atoms. The molecule has 1 atom stereocenters. The zero-order valence-corrected chi connectivity index (χ0v) is 12.7. The minimum Gasteiger partial charge on any atom is -0.352 e. The lowest BCUT2D eigenvalue weighted by Crippen LogP contribution is -2.46. The van der Waals surface area contributed by atoms with Crippen molar-refractivity contribution in [3.8, 4) is 0 Å². The largest absolute Gasteiger partial charge is 0.352 e. The van der Waals surface area contributed by atoms with Crippen LogP contribution in [0.25, 0.3) is 0 Å². The van der Waals surface area contributed by atoms with E-state index in [1.165, 1.54) is 0 Å². The highest BCUT2D eigenvalue weighted by Crippen LogP contribution is 2.24. The first-order valence-electron chi connectivity index (χ1n) is 7.30. The van der Waals surface area contributed by atoms with Gasteiger partial charge in [-0.05, 0) is 44.7 Å². The van der Waals surface area contributed by atoms with Gasteiger partial charge in [-0.1, -0.05) is 11.6 Å². The minimum atomic E-state index is -0.356. The van der Waals surface area contributed by atoms with Crippen LogP contribution in [-0.4, -0.2) is 40.3 Å². The molecule has 0 bridgehead atoms. The van der Waals surface area contributed by atoms with E-state index in [0.717, 1.165) is 25.7 Å². The highest BCUT2D eigenvalue weighted by Gasteiger charge is 2.36. The SMILES string of the molecule is Cc1cc(C(=O)N2CCCC2C(=O)NC2CC2)cc(Cl)n1. The van der Waals surface area contributed by atoms with Crippen LogP contribution in [0.3, 0.4) is 0 Å². The number of hydrogen-bond acceptors (Lipinski definition) is 3. The van der Waals surface area contributed by atoms with Gasteiger partial charge in [0.15, 0.2) is 0 Å². The Labute approximate surface area is 128 Å². The van der Waals surface area contributed by atoms with Crippen molar-refractivity contribution in [1.82, 2.24) is 15.2 Å². The number of likely N-dealkylation sites (tertiary alicyclic amines) is 1. The second-order valence-electron chi connectivity index (χ2n) is 5.76. The molecule has 1 N–H and O–H groups in total. The summed E-state index contributed by atoms with van der Waals surface area (Å²) in [6, 6.07) is 3.23. The maximum Gasteiger partial charge on any atom is 0.254 e. The van der Waals surface area contributed by atoms with Crippen LogP contribution in [0.2, 0.25) is 5.15 Å². The number of aromatic nitrogens is 1. The third-order valence-corrected chi connectivity index (χ3v) is 4.10. The molecule has 1 saturated carbocycles. The monoisotopic (exact) mass is 307 g/mol. The average Bonchev–Trinajstić information content (AvgIpc) is 3.09. The normalized spacial score (nSPS) is 21.4. The molecule has 1 aliphatic carbocycles. The number of aryl methyl sites for hydroxylation is 1. The maximum atomic E-state index is 12.6. The summed E-state index contributed by atoms with van der Waals surface area (Å²) in [4.78, 5) is 30.6. The number of hydrogen-bond donors (Lipinski definition) is 1. The predicted molar refractivity (Wildman–Crippen MR) is 79.2 cm³/mol. The summed E-state index contributed by atoms with van der Waals surface area (Å²) >= 11 is 5.92. The fourth-order valence-corrected chi connectivity index (χ4v) is 2.98. The molecule has 1 aromatic rings. The van der Waals surface area contributed by atoms with E-state index in [2.05, 4.69) is 10.3 Å². The Morgan fingerprint density at radius 3 is 2.76 bits per heavy atom. The molecule has 2 heterocycles. The third-order valence-electron chi connectivity index (χ3n) is 3.91. The van der Waals surface area contributed by atoms with Crippen molar-refractivity contribution < 1.29 is 9.59 Å². The van der Waals surface area contributed by atoms with E-state index in [-0.39, 0.29) is 17.9 Å². The lowest BCUT2D eigenvalue weighted by atomic mass is 10.1. The molecule has 1 unspecified atom stereocenters. The molecular weight excluding hydrogens is 290 g/mol. The van der Waals surface area contributed by atoms with Crippen molar-refractivity contribution in [3.63, 3.8) is 0 Å². The molecule has 112 valence electrons. The summed E-state index contributed by atoms with van der Waals surface area (Å²) in [6.07, 6.45) is 3.67. The summed E-state index contributed by atoms with van der Waals surface area (Å²) in [7, 11) is 0. The van der Waals surface area contributed by atoms with E-state index in [1.807, 2.05) is 0 Å². The number of nitrogens with one attached hydrogen (secondary N) is 1. The summed E-state index contributed by atoms with van der Waals surface area (Å²) in [5, 5.41) is 3.29. The Balaban J connectivity index is 1.77. The van der Waals surface area contributed by atoms with Crippen molar-refractivity contribution in [3.05, 3.63) is 28.5 Å². The number of halogens is 1. The van der Waals surface area contributed by atoms with E-state index in [0.29, 0.717) is 29.0 Å². The molecule has 3 rings (SSSR count). The fraction of sp³-hybridized carbons (Fsp3) is 0.533. The van der Waals surface area contributed by atoms with Crippen LogP contribution in [-0.2, 0) is 4.79 Å². The standard InChI is InChI=1S/C15H18ClN3O2/c1-9-7-10(8-13(16)17-9)15(21)19-6-2-3-12(19)14(20)18-11-4-5-11/h7-8,11-12H,2-6H2,1H3,(H,18,20). The Kier molecular flexibility index (Phi) is 3.85. The summed E-state index contributed by atoms with van der Waals surface area (Å²) in [6.45, 7) is 2.41. The van der Waals surface area contributed by atoms with Crippen LogP contribution in [0, 0.1) is 6.92 Å². The smallest absolute Gasteiger partial charge is 0.254 e. The van der Waals surface area contributed by atoms with Crippen LogP contribution in [0.5, 0.6) is 0 Å². The van der Waals surface area contributed by atoms with Crippen molar-refractivity contribution in [2.75, 3.05) is 6.54 Å². The van der Waals surface area contributed by atoms with Gasteiger partial charge in [-0.25, -0.2) is 4.98 Å². The van der Waals surface area contributed by atoms with Gasteiger partial charge in [0, 0.05) is 23.8 Å². The Bertz CT molecular complexity index is 566. The fourth-order valence-electron chi connectivity index (χ4n) is 2.72. The molecule has 1 aliphatic heterocycles. The van der Waals surface area contributed by atoms with Gasteiger partial charge in [0.25, 0.3) is 5.91 Å². The van der Waals surface area contributed by atoms with Crippen molar-refractivity contribution >= 4 is 23.4 Å². The lowest BCUT2D eigenvalue weighted by molar-refractivity contribution is -0.125. The molecular formula is C15H18ClN3O2. The van der Waals surface area contributed by atoms with Gasteiger partial charge >= 0.3 is 0 Å². The highest BCUT2D eigenvalue weighted by molar-refractivity contribution is 6.29. The van der Waals surface area contributed by atoms with Gasteiger partial charge in [0.05, 0.1) is 0 Å². The first-order chi connectivity index (χ1) is 10.0. The quantitative estimate of drug-likeness (QED) is 0.868. The minimum absolute atomic E-state index is 0.0276. The summed E-state index contributed by atoms with van der Waals surface area (Å²) in [5.74, 6) is -0.170. The Morgan fingerprint density at radius 2 is 2.10 bits per heavy atom. The van der Waals surface area contributed by atoms with Crippen molar-refractivity contribution in [2.24, 2.45) is 0 Å². The van der Waals surface area contributed by atoms with Crippen LogP contribution in [0.15, 0.2) is 12.1 Å². The Hall–Kier alpha value is -1.62. The lowest BCUT2D eigenvalue weighted by Gasteiger charge is -2.24. The second kappa shape index (κ2) is 5.64. The van der Waals surface area contributed by atoms with Gasteiger partial charge in [-0.15, -0.1) is 0 Å². The number of pyridine rings is 1. The van der Waals surface area contributed by atoms with Crippen molar-refractivity contribution in [2.45, 2.75) is 44.7 Å². The Morgan fingerprint density at radius 1 is 1.33 bits per heavy atom. The van der Waals surface area contributed by atoms with Crippen LogP contribution < -0.4 is 5.32 Å². The maximum absolute atomic E-state index is 12.6. The average molecular weight is 308 g/mol. The topological polar surface area (TPSA) is 62.3 Å². The van der Waals surface area contributed by atoms with Crippen molar-refractivity contribution in [1.29, 1.82) is 0 Å². The molecule has 0 radical (unpaired) electrons. The predicted octanol–water partition coefficient (Wildman–Crippen LogP) is 1.93. The van der Waals surface area contributed by atoms with E-state index in [9.17, 15) is 9.59 Å². The molecule has 2 fully saturated rings. The first kappa shape index (κ1) is 14.3. The molecule has 5 nitrogen and oxygen atoms in total. The molecule has 2 aliphatic rings. The van der Waals surface area contributed by atoms with Gasteiger partial charge < -0.3 is 10.2 Å². The van der Waals surface area contributed by atoms with Gasteiger partial charge in [-0.3, -0.25) is 9.59 Å². The van der Waals surface area contributed by atoms with E-state index in [4.69, 9.17) is 11.6 Å².